The molecule has 1 amide bonds. The van der Waals surface area contributed by atoms with Crippen LogP contribution in [0.2, 0.25) is 0 Å². The van der Waals surface area contributed by atoms with Gasteiger partial charge in [0.25, 0.3) is 0 Å². The van der Waals surface area contributed by atoms with Gasteiger partial charge in [-0.25, -0.2) is 9.98 Å². The van der Waals surface area contributed by atoms with Crippen LogP contribution in [-0.4, -0.2) is 42.5 Å². The van der Waals surface area contributed by atoms with Crippen molar-refractivity contribution in [3.05, 3.63) is 45.9 Å². The van der Waals surface area contributed by atoms with Crippen LogP contribution < -0.4 is 10.6 Å². The van der Waals surface area contributed by atoms with Crippen molar-refractivity contribution in [2.75, 3.05) is 26.0 Å². The third kappa shape index (κ3) is 8.30. The Bertz CT molecular complexity index is 865. The molecule has 170 valence electrons. The van der Waals surface area contributed by atoms with Crippen molar-refractivity contribution >= 4 is 28.9 Å². The lowest BCUT2D eigenvalue weighted by Gasteiger charge is -2.21. The van der Waals surface area contributed by atoms with Gasteiger partial charge in [-0.05, 0) is 37.5 Å². The molecule has 0 saturated heterocycles. The molecule has 0 aliphatic carbocycles. The molecule has 7 nitrogen and oxygen atoms in total. The molecule has 0 fully saturated rings. The van der Waals surface area contributed by atoms with E-state index in [4.69, 9.17) is 9.73 Å². The molecule has 1 unspecified atom stereocenters. The molecule has 8 heteroatoms. The Morgan fingerprint density at radius 1 is 1.32 bits per heavy atom. The van der Waals surface area contributed by atoms with Gasteiger partial charge < -0.3 is 20.3 Å². The monoisotopic (exact) mass is 445 g/mol. The van der Waals surface area contributed by atoms with Crippen molar-refractivity contribution in [2.24, 2.45) is 10.9 Å². The highest BCUT2D eigenvalue weighted by Crippen LogP contribution is 2.21. The molecule has 1 atom stereocenters. The molecule has 1 heterocycles. The van der Waals surface area contributed by atoms with Crippen LogP contribution in [-0.2, 0) is 22.6 Å². The number of carbonyl (C=O) groups excluding carboxylic acids is 1. The van der Waals surface area contributed by atoms with Gasteiger partial charge in [0, 0.05) is 38.2 Å². The first-order valence-electron chi connectivity index (χ1n) is 10.7. The molecule has 2 N–H and O–H groups in total. The van der Waals surface area contributed by atoms with Crippen LogP contribution in [0.5, 0.6) is 0 Å². The number of aliphatic imine (C=N–C) groups is 1. The van der Waals surface area contributed by atoms with Gasteiger partial charge in [-0.3, -0.25) is 4.79 Å². The van der Waals surface area contributed by atoms with Crippen molar-refractivity contribution in [3.8, 4) is 0 Å². The minimum atomic E-state index is -0.000680. The molecule has 2 aromatic rings. The summed E-state index contributed by atoms with van der Waals surface area (Å²) in [6.45, 7) is 10.1. The first-order chi connectivity index (χ1) is 14.8. The lowest BCUT2D eigenvalue weighted by atomic mass is 10.1. The zero-order chi connectivity index (χ0) is 22.8. The number of anilines is 1. The summed E-state index contributed by atoms with van der Waals surface area (Å²) in [5.74, 6) is 1.18. The lowest BCUT2D eigenvalue weighted by Crippen LogP contribution is -2.38. The number of amides is 1. The van der Waals surface area contributed by atoms with E-state index in [-0.39, 0.29) is 12.0 Å². The van der Waals surface area contributed by atoms with E-state index in [0.717, 1.165) is 34.5 Å². The molecule has 0 saturated carbocycles. The Labute approximate surface area is 189 Å². The van der Waals surface area contributed by atoms with Crippen LogP contribution in [0, 0.1) is 5.92 Å². The molecule has 0 radical (unpaired) electrons. The normalized spacial score (nSPS) is 12.7. The summed E-state index contributed by atoms with van der Waals surface area (Å²) in [5, 5.41) is 9.35. The Kier molecular flexibility index (Phi) is 9.94. The zero-order valence-electron chi connectivity index (χ0n) is 19.4. The smallest absolute Gasteiger partial charge is 0.224 e. The van der Waals surface area contributed by atoms with E-state index in [1.807, 2.05) is 52.1 Å². The fourth-order valence-corrected chi connectivity index (χ4v) is 3.81. The summed E-state index contributed by atoms with van der Waals surface area (Å²) in [7, 11) is 3.70. The fourth-order valence-electron chi connectivity index (χ4n) is 2.97. The van der Waals surface area contributed by atoms with Crippen molar-refractivity contribution < 1.29 is 9.53 Å². The van der Waals surface area contributed by atoms with Gasteiger partial charge in [0.2, 0.25) is 5.91 Å². The topological polar surface area (TPSA) is 78.9 Å². The van der Waals surface area contributed by atoms with E-state index in [2.05, 4.69) is 32.8 Å². The standard InChI is InChI=1S/C23H35N5O2S/c1-7-24-23(28(5)14-20-15-31-22(27-20)17(4)30-6)25-13-18-9-8-10-19(12-18)26-21(29)11-16(2)3/h8-10,12,15-17H,7,11,13-14H2,1-6H3,(H,24,25)(H,26,29). The first kappa shape index (κ1) is 24.8. The number of nitrogens with one attached hydrogen (secondary N) is 2. The second-order valence-electron chi connectivity index (χ2n) is 7.93. The van der Waals surface area contributed by atoms with Crippen LogP contribution in [0.4, 0.5) is 5.69 Å². The lowest BCUT2D eigenvalue weighted by molar-refractivity contribution is -0.116. The van der Waals surface area contributed by atoms with E-state index in [1.54, 1.807) is 18.4 Å². The Morgan fingerprint density at radius 3 is 2.77 bits per heavy atom. The maximum atomic E-state index is 12.0. The second-order valence-corrected chi connectivity index (χ2v) is 8.82. The number of nitrogens with zero attached hydrogens (tertiary/aromatic N) is 3. The minimum Gasteiger partial charge on any atom is -0.375 e. The number of hydrogen-bond acceptors (Lipinski definition) is 5. The highest BCUT2D eigenvalue weighted by atomic mass is 32.1. The van der Waals surface area contributed by atoms with Crippen LogP contribution in [0.1, 0.15) is 56.5 Å². The highest BCUT2D eigenvalue weighted by Gasteiger charge is 2.13. The van der Waals surface area contributed by atoms with Gasteiger partial charge in [0.05, 0.1) is 18.8 Å². The third-order valence-corrected chi connectivity index (χ3v) is 5.64. The number of guanidine groups is 1. The van der Waals surface area contributed by atoms with Gasteiger partial charge >= 0.3 is 0 Å². The number of thiazole rings is 1. The largest absolute Gasteiger partial charge is 0.375 e. The Hall–Kier alpha value is -2.45. The summed E-state index contributed by atoms with van der Waals surface area (Å²) in [6.07, 6.45) is 0.512. The van der Waals surface area contributed by atoms with Crippen molar-refractivity contribution in [1.82, 2.24) is 15.2 Å². The van der Waals surface area contributed by atoms with Gasteiger partial charge in [-0.2, -0.15) is 0 Å². The fraction of sp³-hybridized carbons (Fsp3) is 0.522. The van der Waals surface area contributed by atoms with E-state index in [1.165, 1.54) is 0 Å². The second kappa shape index (κ2) is 12.4. The maximum Gasteiger partial charge on any atom is 0.224 e. The summed E-state index contributed by atoms with van der Waals surface area (Å²) in [6, 6.07) is 7.85. The Morgan fingerprint density at radius 2 is 2.10 bits per heavy atom. The predicted octanol–water partition coefficient (Wildman–Crippen LogP) is 4.43. The number of aromatic nitrogens is 1. The quantitative estimate of drug-likeness (QED) is 0.418. The summed E-state index contributed by atoms with van der Waals surface area (Å²) >= 11 is 1.61. The van der Waals surface area contributed by atoms with Gasteiger partial charge in [-0.15, -0.1) is 11.3 Å². The van der Waals surface area contributed by atoms with Crippen LogP contribution >= 0.6 is 11.3 Å². The highest BCUT2D eigenvalue weighted by molar-refractivity contribution is 7.09. The van der Waals surface area contributed by atoms with E-state index < -0.39 is 0 Å². The van der Waals surface area contributed by atoms with Crippen LogP contribution in [0.3, 0.4) is 0 Å². The molecule has 0 aliphatic heterocycles. The van der Waals surface area contributed by atoms with Crippen molar-refractivity contribution in [3.63, 3.8) is 0 Å². The molecule has 1 aromatic heterocycles. The van der Waals surface area contributed by atoms with Crippen molar-refractivity contribution in [2.45, 2.75) is 53.3 Å². The Balaban J connectivity index is 2.04. The molecule has 2 rings (SSSR count). The molecular formula is C23H35N5O2S. The number of ether oxygens (including phenoxy) is 1. The van der Waals surface area contributed by atoms with E-state index in [9.17, 15) is 4.79 Å². The number of methoxy groups -OCH3 is 1. The van der Waals surface area contributed by atoms with Gasteiger partial charge in [0.1, 0.15) is 11.1 Å². The van der Waals surface area contributed by atoms with E-state index >= 15 is 0 Å². The average molecular weight is 446 g/mol. The molecule has 0 bridgehead atoms. The third-order valence-electron chi connectivity index (χ3n) is 4.58. The SMILES string of the molecule is CCNC(=NCc1cccc(NC(=O)CC(C)C)c1)N(C)Cc1csc(C(C)OC)n1. The molecular weight excluding hydrogens is 410 g/mol. The molecule has 31 heavy (non-hydrogen) atoms. The average Bonchev–Trinajstić information content (AvgIpc) is 3.18. The number of carbonyl (C=O) groups is 1. The van der Waals surface area contributed by atoms with Crippen LogP contribution in [0.15, 0.2) is 34.6 Å². The van der Waals surface area contributed by atoms with E-state index in [0.29, 0.717) is 25.4 Å². The molecule has 1 aromatic carbocycles. The van der Waals surface area contributed by atoms with Gasteiger partial charge in [-0.1, -0.05) is 26.0 Å². The maximum absolute atomic E-state index is 12.0. The number of benzene rings is 1. The minimum absolute atomic E-state index is 0.000680. The summed E-state index contributed by atoms with van der Waals surface area (Å²) < 4.78 is 5.35. The zero-order valence-corrected chi connectivity index (χ0v) is 20.3. The number of rotatable bonds is 10. The van der Waals surface area contributed by atoms with Crippen LogP contribution in [0.25, 0.3) is 0 Å². The van der Waals surface area contributed by atoms with Gasteiger partial charge in [0.15, 0.2) is 5.96 Å². The molecule has 0 aliphatic rings. The predicted molar refractivity (Wildman–Crippen MR) is 128 cm³/mol. The summed E-state index contributed by atoms with van der Waals surface area (Å²) in [5.41, 5.74) is 2.84. The summed E-state index contributed by atoms with van der Waals surface area (Å²) in [4.78, 5) is 23.6. The first-order valence-corrected chi connectivity index (χ1v) is 11.6. The number of hydrogen-bond donors (Lipinski definition) is 2. The molecule has 0 spiro atoms. The van der Waals surface area contributed by atoms with Crippen molar-refractivity contribution in [1.29, 1.82) is 0 Å².